The number of fused-ring (bicyclic) bond motifs is 1. The van der Waals surface area contributed by atoms with Crippen molar-refractivity contribution in [2.75, 3.05) is 47.9 Å². The zero-order valence-corrected chi connectivity index (χ0v) is 20.2. The van der Waals surface area contributed by atoms with Gasteiger partial charge in [0.05, 0.1) is 6.10 Å². The zero-order valence-electron chi connectivity index (χ0n) is 19.4. The number of benzene rings is 1. The number of nitrogens with zero attached hydrogens (tertiary/aromatic N) is 4. The van der Waals surface area contributed by atoms with Crippen LogP contribution in [0.3, 0.4) is 0 Å². The maximum absolute atomic E-state index is 5.69. The van der Waals surface area contributed by atoms with Gasteiger partial charge in [-0.2, -0.15) is 9.97 Å². The summed E-state index contributed by atoms with van der Waals surface area (Å²) in [5.41, 5.74) is 2.81. The summed E-state index contributed by atoms with van der Waals surface area (Å²) in [5.74, 6) is 3.27. The summed E-state index contributed by atoms with van der Waals surface area (Å²) in [5, 5.41) is 7.07. The number of hydrogen-bond acceptors (Lipinski definition) is 6. The molecule has 0 unspecified atom stereocenters. The molecule has 4 heterocycles. The lowest BCUT2D eigenvalue weighted by Gasteiger charge is -2.33. The fraction of sp³-hybridized carbons (Fsp3) is 0.560. The first-order valence-corrected chi connectivity index (χ1v) is 12.7. The molecule has 0 amide bonds. The lowest BCUT2D eigenvalue weighted by Crippen LogP contribution is -2.37. The number of thiocarbonyl (C=S) groups is 1. The first-order valence-electron chi connectivity index (χ1n) is 12.3. The van der Waals surface area contributed by atoms with Crippen molar-refractivity contribution in [3.63, 3.8) is 0 Å². The summed E-state index contributed by atoms with van der Waals surface area (Å²) in [4.78, 5) is 14.5. The molecule has 2 fully saturated rings. The van der Waals surface area contributed by atoms with Crippen LogP contribution < -0.4 is 20.4 Å². The highest BCUT2D eigenvalue weighted by Crippen LogP contribution is 2.29. The van der Waals surface area contributed by atoms with E-state index in [1.54, 1.807) is 0 Å². The monoisotopic (exact) mass is 466 g/mol. The van der Waals surface area contributed by atoms with Gasteiger partial charge in [0.1, 0.15) is 11.6 Å². The van der Waals surface area contributed by atoms with Crippen molar-refractivity contribution in [3.05, 3.63) is 41.5 Å². The van der Waals surface area contributed by atoms with Crippen LogP contribution in [0.2, 0.25) is 0 Å². The van der Waals surface area contributed by atoms with E-state index in [0.29, 0.717) is 17.6 Å². The van der Waals surface area contributed by atoms with Gasteiger partial charge in [0, 0.05) is 45.4 Å². The Hall–Kier alpha value is -2.45. The van der Waals surface area contributed by atoms with Gasteiger partial charge in [-0.15, -0.1) is 0 Å². The smallest absolute Gasteiger partial charge is 0.232 e. The molecule has 0 aliphatic carbocycles. The van der Waals surface area contributed by atoms with Gasteiger partial charge >= 0.3 is 0 Å². The highest BCUT2D eigenvalue weighted by atomic mass is 32.1. The predicted molar refractivity (Wildman–Crippen MR) is 137 cm³/mol. The van der Waals surface area contributed by atoms with Crippen LogP contribution in [0.25, 0.3) is 0 Å². The molecule has 5 rings (SSSR count). The van der Waals surface area contributed by atoms with Gasteiger partial charge in [0.2, 0.25) is 5.95 Å². The molecular formula is C25H34N6OS. The molecule has 33 heavy (non-hydrogen) atoms. The maximum atomic E-state index is 5.69. The first kappa shape index (κ1) is 22.3. The minimum Gasteiger partial charge on any atom is -0.376 e. The SMILES string of the molecule is CC1CCN(c2cc(N3CCc4ccccc4C3)nc(NC(=S)NC[C@H]3CCCO3)n2)CC1. The van der Waals surface area contributed by atoms with Crippen molar-refractivity contribution in [2.45, 2.75) is 51.7 Å². The van der Waals surface area contributed by atoms with Gasteiger partial charge in [-0.3, -0.25) is 0 Å². The van der Waals surface area contributed by atoms with Crippen molar-refractivity contribution >= 4 is 34.9 Å². The normalized spacial score (nSPS) is 21.1. The summed E-state index contributed by atoms with van der Waals surface area (Å²) < 4.78 is 5.69. The third-order valence-electron chi connectivity index (χ3n) is 7.00. The summed E-state index contributed by atoms with van der Waals surface area (Å²) in [6.07, 6.45) is 5.85. The minimum atomic E-state index is 0.233. The molecule has 0 radical (unpaired) electrons. The molecule has 2 N–H and O–H groups in total. The number of anilines is 3. The van der Waals surface area contributed by atoms with Crippen molar-refractivity contribution in [2.24, 2.45) is 5.92 Å². The first-order chi connectivity index (χ1) is 16.1. The molecule has 1 atom stereocenters. The molecular weight excluding hydrogens is 432 g/mol. The van der Waals surface area contributed by atoms with Gasteiger partial charge in [0.25, 0.3) is 0 Å². The van der Waals surface area contributed by atoms with Crippen LogP contribution in [0.1, 0.15) is 43.7 Å². The summed E-state index contributed by atoms with van der Waals surface area (Å²) in [7, 11) is 0. The molecule has 0 bridgehead atoms. The predicted octanol–water partition coefficient (Wildman–Crippen LogP) is 3.74. The Morgan fingerprint density at radius 1 is 1.06 bits per heavy atom. The van der Waals surface area contributed by atoms with E-state index in [2.05, 4.69) is 57.7 Å². The number of piperidine rings is 1. The zero-order chi connectivity index (χ0) is 22.6. The van der Waals surface area contributed by atoms with E-state index in [4.69, 9.17) is 26.9 Å². The van der Waals surface area contributed by atoms with Crippen LogP contribution in [0.5, 0.6) is 0 Å². The molecule has 0 saturated carbocycles. The molecule has 3 aliphatic rings. The van der Waals surface area contributed by atoms with Gasteiger partial charge in [-0.25, -0.2) is 0 Å². The summed E-state index contributed by atoms with van der Waals surface area (Å²) in [6, 6.07) is 10.9. The highest BCUT2D eigenvalue weighted by molar-refractivity contribution is 7.80. The Kier molecular flexibility index (Phi) is 6.92. The molecule has 176 valence electrons. The van der Waals surface area contributed by atoms with Crippen molar-refractivity contribution in [1.82, 2.24) is 15.3 Å². The van der Waals surface area contributed by atoms with Crippen LogP contribution >= 0.6 is 12.2 Å². The Morgan fingerprint density at radius 3 is 2.58 bits per heavy atom. The van der Waals surface area contributed by atoms with Crippen LogP contribution in [0.15, 0.2) is 30.3 Å². The van der Waals surface area contributed by atoms with Crippen LogP contribution in [-0.4, -0.2) is 54.0 Å². The highest BCUT2D eigenvalue weighted by Gasteiger charge is 2.23. The van der Waals surface area contributed by atoms with E-state index in [0.717, 1.165) is 69.6 Å². The molecule has 2 aromatic rings. The van der Waals surface area contributed by atoms with Crippen LogP contribution in [-0.2, 0) is 17.7 Å². The van der Waals surface area contributed by atoms with Crippen LogP contribution in [0, 0.1) is 5.92 Å². The maximum Gasteiger partial charge on any atom is 0.232 e. The van der Waals surface area contributed by atoms with E-state index in [-0.39, 0.29) is 6.10 Å². The standard InChI is InChI=1S/C25H34N6OS/c1-18-8-11-30(12-9-18)22-15-23(31-13-10-19-5-2-3-6-20(19)17-31)28-24(27-22)29-25(33)26-16-21-7-4-14-32-21/h2-3,5-6,15,18,21H,4,7-14,16-17H2,1H3,(H2,26,27,28,29,33)/t21-/m1/s1. The second-order valence-electron chi connectivity index (χ2n) is 9.49. The number of hydrogen-bond donors (Lipinski definition) is 2. The van der Waals surface area contributed by atoms with Gasteiger partial charge < -0.3 is 25.2 Å². The average Bonchev–Trinajstić information content (AvgIpc) is 3.36. The van der Waals surface area contributed by atoms with Crippen LogP contribution in [0.4, 0.5) is 17.6 Å². The van der Waals surface area contributed by atoms with Gasteiger partial charge in [-0.1, -0.05) is 31.2 Å². The number of ether oxygens (including phenoxy) is 1. The number of rotatable bonds is 5. The fourth-order valence-corrected chi connectivity index (χ4v) is 5.06. The summed E-state index contributed by atoms with van der Waals surface area (Å²) >= 11 is 5.55. The third kappa shape index (κ3) is 5.55. The second-order valence-corrected chi connectivity index (χ2v) is 9.90. The molecule has 3 aliphatic heterocycles. The van der Waals surface area contributed by atoms with E-state index in [1.807, 2.05) is 0 Å². The minimum absolute atomic E-state index is 0.233. The quantitative estimate of drug-likeness (QED) is 0.646. The Labute approximate surface area is 201 Å². The Morgan fingerprint density at radius 2 is 1.82 bits per heavy atom. The molecule has 1 aromatic carbocycles. The molecule has 8 heteroatoms. The Balaban J connectivity index is 1.34. The Bertz CT molecular complexity index is 971. The van der Waals surface area contributed by atoms with Crippen molar-refractivity contribution in [3.8, 4) is 0 Å². The molecule has 2 saturated heterocycles. The second kappa shape index (κ2) is 10.2. The lowest BCUT2D eigenvalue weighted by atomic mass is 9.99. The van der Waals surface area contributed by atoms with Gasteiger partial charge in [-0.05, 0) is 61.4 Å². The average molecular weight is 467 g/mol. The van der Waals surface area contributed by atoms with E-state index >= 15 is 0 Å². The van der Waals surface area contributed by atoms with E-state index in [1.165, 1.54) is 24.0 Å². The van der Waals surface area contributed by atoms with E-state index < -0.39 is 0 Å². The molecule has 0 spiro atoms. The van der Waals surface area contributed by atoms with Crippen molar-refractivity contribution in [1.29, 1.82) is 0 Å². The van der Waals surface area contributed by atoms with E-state index in [9.17, 15) is 0 Å². The van der Waals surface area contributed by atoms with Gasteiger partial charge in [0.15, 0.2) is 5.11 Å². The summed E-state index contributed by atoms with van der Waals surface area (Å²) in [6.45, 7) is 7.76. The third-order valence-corrected chi connectivity index (χ3v) is 7.25. The number of nitrogens with one attached hydrogen (secondary N) is 2. The topological polar surface area (TPSA) is 65.5 Å². The van der Waals surface area contributed by atoms with Crippen molar-refractivity contribution < 1.29 is 4.74 Å². The fourth-order valence-electron chi connectivity index (χ4n) is 4.89. The lowest BCUT2D eigenvalue weighted by molar-refractivity contribution is 0.114. The number of aromatic nitrogens is 2. The largest absolute Gasteiger partial charge is 0.376 e. The molecule has 7 nitrogen and oxygen atoms in total. The molecule has 1 aromatic heterocycles.